The number of rotatable bonds is 2. The fourth-order valence-electron chi connectivity index (χ4n) is 2.71. The zero-order valence-electron chi connectivity index (χ0n) is 14.4. The highest BCUT2D eigenvalue weighted by molar-refractivity contribution is 5.68. The molecular formula is C18H25N3O2. The standard InChI is InChI=1S/C18H25N3O2/c1-14-12-20(13-16-7-5-15(11-19)6-8-16)9-10-21(14)17(22)23-18(2,3)4/h5-8,14H,9-10,12-13H2,1-4H3. The van der Waals surface area contributed by atoms with Gasteiger partial charge in [0.1, 0.15) is 5.60 Å². The van der Waals surface area contributed by atoms with Crippen LogP contribution in [0.4, 0.5) is 4.79 Å². The molecule has 1 aliphatic rings. The monoisotopic (exact) mass is 315 g/mol. The normalized spacial score (nSPS) is 19.3. The molecular weight excluding hydrogens is 290 g/mol. The van der Waals surface area contributed by atoms with Gasteiger partial charge in [0.05, 0.1) is 11.6 Å². The van der Waals surface area contributed by atoms with Crippen molar-refractivity contribution in [2.45, 2.75) is 45.9 Å². The first-order chi connectivity index (χ1) is 10.8. The zero-order valence-corrected chi connectivity index (χ0v) is 14.4. The molecule has 124 valence electrons. The predicted octanol–water partition coefficient (Wildman–Crippen LogP) is 3.00. The molecule has 1 atom stereocenters. The lowest BCUT2D eigenvalue weighted by Gasteiger charge is -2.40. The van der Waals surface area contributed by atoms with Gasteiger partial charge in [0.25, 0.3) is 0 Å². The molecule has 1 heterocycles. The highest BCUT2D eigenvalue weighted by Gasteiger charge is 2.30. The number of carbonyl (C=O) groups excluding carboxylic acids is 1. The zero-order chi connectivity index (χ0) is 17.0. The van der Waals surface area contributed by atoms with Gasteiger partial charge in [0.2, 0.25) is 0 Å². The van der Waals surface area contributed by atoms with Crippen molar-refractivity contribution in [3.63, 3.8) is 0 Å². The van der Waals surface area contributed by atoms with Crippen LogP contribution in [0, 0.1) is 11.3 Å². The molecule has 1 unspecified atom stereocenters. The number of carbonyl (C=O) groups is 1. The number of piperazine rings is 1. The van der Waals surface area contributed by atoms with Crippen LogP contribution in [-0.2, 0) is 11.3 Å². The SMILES string of the molecule is CC1CN(Cc2ccc(C#N)cc2)CCN1C(=O)OC(C)(C)C. The van der Waals surface area contributed by atoms with Crippen LogP contribution >= 0.6 is 0 Å². The summed E-state index contributed by atoms with van der Waals surface area (Å²) in [6.45, 7) is 10.9. The minimum atomic E-state index is -0.462. The van der Waals surface area contributed by atoms with Gasteiger partial charge in [-0.1, -0.05) is 12.1 Å². The number of benzene rings is 1. The van der Waals surface area contributed by atoms with Crippen LogP contribution in [0.5, 0.6) is 0 Å². The van der Waals surface area contributed by atoms with Crippen LogP contribution in [0.25, 0.3) is 0 Å². The van der Waals surface area contributed by atoms with Crippen molar-refractivity contribution in [3.05, 3.63) is 35.4 Å². The van der Waals surface area contributed by atoms with Gasteiger partial charge >= 0.3 is 6.09 Å². The number of ether oxygens (including phenoxy) is 1. The number of hydrogen-bond donors (Lipinski definition) is 0. The summed E-state index contributed by atoms with van der Waals surface area (Å²) in [7, 11) is 0. The van der Waals surface area contributed by atoms with E-state index in [4.69, 9.17) is 10.00 Å². The lowest BCUT2D eigenvalue weighted by atomic mass is 10.1. The predicted molar refractivity (Wildman–Crippen MR) is 88.8 cm³/mol. The third-order valence-electron chi connectivity index (χ3n) is 3.83. The summed E-state index contributed by atoms with van der Waals surface area (Å²) >= 11 is 0. The molecule has 0 saturated carbocycles. The number of nitriles is 1. The summed E-state index contributed by atoms with van der Waals surface area (Å²) in [5, 5.41) is 8.84. The number of hydrogen-bond acceptors (Lipinski definition) is 4. The summed E-state index contributed by atoms with van der Waals surface area (Å²) in [4.78, 5) is 16.3. The van der Waals surface area contributed by atoms with E-state index in [2.05, 4.69) is 17.9 Å². The average Bonchev–Trinajstić information content (AvgIpc) is 2.46. The second-order valence-electron chi connectivity index (χ2n) is 7.07. The molecule has 2 rings (SSSR count). The van der Waals surface area contributed by atoms with E-state index in [1.54, 1.807) is 4.90 Å². The Kier molecular flexibility index (Phi) is 5.27. The largest absolute Gasteiger partial charge is 0.444 e. The molecule has 23 heavy (non-hydrogen) atoms. The first-order valence-electron chi connectivity index (χ1n) is 7.99. The Hall–Kier alpha value is -2.06. The van der Waals surface area contributed by atoms with Crippen molar-refractivity contribution in [1.82, 2.24) is 9.80 Å². The van der Waals surface area contributed by atoms with E-state index in [9.17, 15) is 4.79 Å². The molecule has 5 nitrogen and oxygen atoms in total. The molecule has 1 aliphatic heterocycles. The molecule has 0 aromatic heterocycles. The molecule has 1 aromatic carbocycles. The Morgan fingerprint density at radius 3 is 2.48 bits per heavy atom. The van der Waals surface area contributed by atoms with E-state index < -0.39 is 5.60 Å². The van der Waals surface area contributed by atoms with Gasteiger partial charge in [-0.15, -0.1) is 0 Å². The molecule has 0 aliphatic carbocycles. The number of amides is 1. The summed E-state index contributed by atoms with van der Waals surface area (Å²) < 4.78 is 5.46. The van der Waals surface area contributed by atoms with E-state index >= 15 is 0 Å². The smallest absolute Gasteiger partial charge is 0.410 e. The van der Waals surface area contributed by atoms with Gasteiger partial charge in [0, 0.05) is 32.2 Å². The lowest BCUT2D eigenvalue weighted by molar-refractivity contribution is 0.000562. The molecule has 0 bridgehead atoms. The van der Waals surface area contributed by atoms with E-state index in [1.165, 1.54) is 5.56 Å². The second kappa shape index (κ2) is 7.01. The molecule has 1 aromatic rings. The molecule has 1 amide bonds. The van der Waals surface area contributed by atoms with E-state index in [1.807, 2.05) is 45.0 Å². The fraction of sp³-hybridized carbons (Fsp3) is 0.556. The molecule has 0 spiro atoms. The first-order valence-corrected chi connectivity index (χ1v) is 7.99. The minimum absolute atomic E-state index is 0.122. The summed E-state index contributed by atoms with van der Waals surface area (Å²) in [5.41, 5.74) is 1.40. The van der Waals surface area contributed by atoms with Crippen LogP contribution in [0.3, 0.4) is 0 Å². The van der Waals surface area contributed by atoms with Gasteiger partial charge in [-0.05, 0) is 45.4 Å². The molecule has 0 N–H and O–H groups in total. The molecule has 1 fully saturated rings. The summed E-state index contributed by atoms with van der Waals surface area (Å²) in [6, 6.07) is 9.92. The van der Waals surface area contributed by atoms with E-state index in [0.717, 1.165) is 19.6 Å². The topological polar surface area (TPSA) is 56.6 Å². The highest BCUT2D eigenvalue weighted by Crippen LogP contribution is 2.17. The highest BCUT2D eigenvalue weighted by atomic mass is 16.6. The van der Waals surface area contributed by atoms with Gasteiger partial charge in [-0.25, -0.2) is 4.79 Å². The fourth-order valence-corrected chi connectivity index (χ4v) is 2.71. The van der Waals surface area contributed by atoms with Gasteiger partial charge in [-0.3, -0.25) is 4.90 Å². The quantitative estimate of drug-likeness (QED) is 0.842. The Morgan fingerprint density at radius 1 is 1.30 bits per heavy atom. The van der Waals surface area contributed by atoms with Crippen molar-refractivity contribution in [2.75, 3.05) is 19.6 Å². The second-order valence-corrected chi connectivity index (χ2v) is 7.07. The Morgan fingerprint density at radius 2 is 1.96 bits per heavy atom. The molecule has 5 heteroatoms. The number of nitrogens with zero attached hydrogens (tertiary/aromatic N) is 3. The average molecular weight is 315 g/mol. The van der Waals surface area contributed by atoms with Gasteiger partial charge < -0.3 is 9.64 Å². The maximum Gasteiger partial charge on any atom is 0.410 e. The third kappa shape index (κ3) is 4.97. The van der Waals surface area contributed by atoms with Crippen LogP contribution < -0.4 is 0 Å². The Labute approximate surface area is 138 Å². The molecule has 1 saturated heterocycles. The third-order valence-corrected chi connectivity index (χ3v) is 3.83. The van der Waals surface area contributed by atoms with Crippen molar-refractivity contribution >= 4 is 6.09 Å². The van der Waals surface area contributed by atoms with Crippen LogP contribution in [0.2, 0.25) is 0 Å². The van der Waals surface area contributed by atoms with Gasteiger partial charge in [0.15, 0.2) is 0 Å². The van der Waals surface area contributed by atoms with E-state index in [-0.39, 0.29) is 12.1 Å². The maximum atomic E-state index is 12.2. The Bertz CT molecular complexity index is 584. The van der Waals surface area contributed by atoms with Crippen LogP contribution in [0.1, 0.15) is 38.8 Å². The maximum absolute atomic E-state index is 12.2. The van der Waals surface area contributed by atoms with Crippen LogP contribution in [0.15, 0.2) is 24.3 Å². The van der Waals surface area contributed by atoms with Gasteiger partial charge in [-0.2, -0.15) is 5.26 Å². The van der Waals surface area contributed by atoms with Crippen LogP contribution in [-0.4, -0.2) is 47.2 Å². The summed E-state index contributed by atoms with van der Waals surface area (Å²) in [5.74, 6) is 0. The Balaban J connectivity index is 1.90. The summed E-state index contributed by atoms with van der Waals surface area (Å²) in [6.07, 6.45) is -0.233. The van der Waals surface area contributed by atoms with Crippen molar-refractivity contribution in [1.29, 1.82) is 5.26 Å². The van der Waals surface area contributed by atoms with E-state index in [0.29, 0.717) is 12.1 Å². The van der Waals surface area contributed by atoms with Crippen molar-refractivity contribution in [3.8, 4) is 6.07 Å². The van der Waals surface area contributed by atoms with Crippen molar-refractivity contribution < 1.29 is 9.53 Å². The minimum Gasteiger partial charge on any atom is -0.444 e. The molecule has 0 radical (unpaired) electrons. The van der Waals surface area contributed by atoms with Crippen molar-refractivity contribution in [2.24, 2.45) is 0 Å². The lowest BCUT2D eigenvalue weighted by Crippen LogP contribution is -2.54. The first kappa shape index (κ1) is 17.3.